The molecule has 2 aromatic carbocycles. The van der Waals surface area contributed by atoms with E-state index in [0.29, 0.717) is 11.1 Å². The van der Waals surface area contributed by atoms with E-state index >= 15 is 0 Å². The minimum atomic E-state index is 0. The molecule has 2 rings (SSSR count). The minimum absolute atomic E-state index is 0. The second-order valence-electron chi connectivity index (χ2n) is 4.69. The molecular weight excluding hydrogens is 271 g/mol. The van der Waals surface area contributed by atoms with Crippen molar-refractivity contribution in [2.75, 3.05) is 0 Å². The van der Waals surface area contributed by atoms with Crippen LogP contribution < -0.4 is 29.6 Å². The van der Waals surface area contributed by atoms with Crippen molar-refractivity contribution < 1.29 is 39.8 Å². The number of rotatable bonds is 5. The number of allylic oxidation sites excluding steroid dienone is 2. The third-order valence-electron chi connectivity index (χ3n) is 3.17. The maximum Gasteiger partial charge on any atom is 1.00 e. The topological polar surface area (TPSA) is 40.5 Å². The fourth-order valence-electron chi connectivity index (χ4n) is 2.19. The van der Waals surface area contributed by atoms with Crippen LogP contribution in [0.5, 0.6) is 11.5 Å². The summed E-state index contributed by atoms with van der Waals surface area (Å²) in [5.74, 6) is 0.313. The van der Waals surface area contributed by atoms with Crippen LogP contribution in [0.15, 0.2) is 61.7 Å². The van der Waals surface area contributed by atoms with Gasteiger partial charge in [-0.25, -0.2) is 0 Å². The Kier molecular flexibility index (Phi) is 6.76. The Morgan fingerprint density at radius 1 is 0.762 bits per heavy atom. The molecule has 0 radical (unpaired) electrons. The van der Waals surface area contributed by atoms with Crippen LogP contribution in [0.1, 0.15) is 11.1 Å². The molecule has 0 spiro atoms. The summed E-state index contributed by atoms with van der Waals surface area (Å²) in [5.41, 5.74) is 3.35. The van der Waals surface area contributed by atoms with Gasteiger partial charge in [0.1, 0.15) is 11.5 Å². The zero-order valence-corrected chi connectivity index (χ0v) is 14.3. The first-order chi connectivity index (χ1) is 9.65. The third-order valence-corrected chi connectivity index (χ3v) is 3.17. The Hall–Kier alpha value is -1.48. The van der Waals surface area contributed by atoms with Gasteiger partial charge in [0, 0.05) is 11.1 Å². The second-order valence-corrected chi connectivity index (χ2v) is 4.69. The van der Waals surface area contributed by atoms with E-state index in [1.807, 2.05) is 36.4 Å². The van der Waals surface area contributed by atoms with E-state index in [4.69, 9.17) is 0 Å². The zero-order chi connectivity index (χ0) is 14.5. The van der Waals surface area contributed by atoms with E-state index < -0.39 is 0 Å². The molecule has 2 nitrogen and oxygen atoms in total. The molecule has 0 aromatic heterocycles. The van der Waals surface area contributed by atoms with E-state index in [1.54, 1.807) is 12.1 Å². The number of phenolic OH excluding ortho intramolecular Hbond substituents is 2. The van der Waals surface area contributed by atoms with Crippen LogP contribution in [-0.4, -0.2) is 10.2 Å². The molecule has 0 unspecified atom stereocenters. The van der Waals surface area contributed by atoms with Gasteiger partial charge in [-0.15, -0.1) is 13.2 Å². The zero-order valence-electron chi connectivity index (χ0n) is 12.3. The van der Waals surface area contributed by atoms with Crippen molar-refractivity contribution in [3.05, 3.63) is 72.8 Å². The molecule has 2 N–H and O–H groups in total. The van der Waals surface area contributed by atoms with Crippen molar-refractivity contribution in [2.24, 2.45) is 0 Å². The number of hydrogen-bond donors (Lipinski definition) is 2. The SMILES string of the molecule is C=CCc1ccc(O)c(-c2cc(CC=C)ccc2O)c1.[Na+]. The minimum Gasteiger partial charge on any atom is -0.507 e. The van der Waals surface area contributed by atoms with Gasteiger partial charge in [0.05, 0.1) is 0 Å². The van der Waals surface area contributed by atoms with Crippen molar-refractivity contribution >= 4 is 0 Å². The van der Waals surface area contributed by atoms with E-state index in [9.17, 15) is 10.2 Å². The average molecular weight is 289 g/mol. The van der Waals surface area contributed by atoms with Crippen LogP contribution in [0.4, 0.5) is 0 Å². The van der Waals surface area contributed by atoms with Crippen molar-refractivity contribution in [2.45, 2.75) is 12.8 Å². The van der Waals surface area contributed by atoms with Gasteiger partial charge in [0.2, 0.25) is 0 Å². The number of hydrogen-bond acceptors (Lipinski definition) is 2. The van der Waals surface area contributed by atoms with E-state index in [-0.39, 0.29) is 41.1 Å². The summed E-state index contributed by atoms with van der Waals surface area (Å²) < 4.78 is 0. The smallest absolute Gasteiger partial charge is 0.507 e. The average Bonchev–Trinajstić information content (AvgIpc) is 2.44. The summed E-state index contributed by atoms with van der Waals surface area (Å²) in [6, 6.07) is 10.8. The number of benzene rings is 2. The molecule has 102 valence electrons. The predicted molar refractivity (Wildman–Crippen MR) is 83.0 cm³/mol. The first kappa shape index (κ1) is 17.6. The Bertz CT molecular complexity index is 590. The molecular formula is C18H18NaO2+. The maximum absolute atomic E-state index is 10.0. The van der Waals surface area contributed by atoms with Crippen LogP contribution in [0, 0.1) is 0 Å². The van der Waals surface area contributed by atoms with E-state index in [0.717, 1.165) is 24.0 Å². The van der Waals surface area contributed by atoms with E-state index in [2.05, 4.69) is 13.2 Å². The van der Waals surface area contributed by atoms with Crippen LogP contribution in [-0.2, 0) is 12.8 Å². The molecule has 0 heterocycles. The molecule has 0 saturated carbocycles. The molecule has 0 atom stereocenters. The Morgan fingerprint density at radius 2 is 1.14 bits per heavy atom. The largest absolute Gasteiger partial charge is 1.00 e. The first-order valence-corrected chi connectivity index (χ1v) is 6.51. The van der Waals surface area contributed by atoms with Gasteiger partial charge in [-0.2, -0.15) is 0 Å². The third kappa shape index (κ3) is 4.24. The molecule has 0 bridgehead atoms. The summed E-state index contributed by atoms with van der Waals surface area (Å²) in [6.45, 7) is 7.43. The van der Waals surface area contributed by atoms with E-state index in [1.165, 1.54) is 0 Å². The van der Waals surface area contributed by atoms with Crippen LogP contribution in [0.2, 0.25) is 0 Å². The Labute approximate surface area is 147 Å². The summed E-state index contributed by atoms with van der Waals surface area (Å²) in [4.78, 5) is 0. The van der Waals surface area contributed by atoms with Gasteiger partial charge in [0.25, 0.3) is 0 Å². The Balaban J connectivity index is 0.00000220. The standard InChI is InChI=1S/C18H18O2.Na/c1-3-5-13-7-9-17(19)15(11-13)16-12-14(6-4-2)8-10-18(16)20;/h3-4,7-12,19-20H,1-2,5-6H2;/q;+1. The summed E-state index contributed by atoms with van der Waals surface area (Å²) in [5, 5.41) is 20.1. The molecule has 0 aliphatic carbocycles. The first-order valence-electron chi connectivity index (χ1n) is 6.51. The van der Waals surface area contributed by atoms with Gasteiger partial charge < -0.3 is 10.2 Å². The molecule has 0 aliphatic rings. The van der Waals surface area contributed by atoms with Crippen molar-refractivity contribution in [1.82, 2.24) is 0 Å². The molecule has 2 aromatic rings. The van der Waals surface area contributed by atoms with Crippen molar-refractivity contribution in [3.63, 3.8) is 0 Å². The van der Waals surface area contributed by atoms with Gasteiger partial charge >= 0.3 is 29.6 Å². The fourth-order valence-corrected chi connectivity index (χ4v) is 2.19. The van der Waals surface area contributed by atoms with Crippen molar-refractivity contribution in [1.29, 1.82) is 0 Å². The number of aromatic hydroxyl groups is 2. The van der Waals surface area contributed by atoms with Crippen LogP contribution in [0.3, 0.4) is 0 Å². The normalized spacial score (nSPS) is 9.71. The maximum atomic E-state index is 10.0. The second kappa shape index (κ2) is 8.08. The summed E-state index contributed by atoms with van der Waals surface area (Å²) in [6.07, 6.45) is 5.06. The molecule has 0 aliphatic heterocycles. The molecule has 21 heavy (non-hydrogen) atoms. The van der Waals surface area contributed by atoms with Crippen molar-refractivity contribution in [3.8, 4) is 22.6 Å². The molecule has 0 fully saturated rings. The van der Waals surface area contributed by atoms with Gasteiger partial charge in [-0.1, -0.05) is 24.3 Å². The molecule has 0 saturated heterocycles. The van der Waals surface area contributed by atoms with Crippen LogP contribution in [0.25, 0.3) is 11.1 Å². The van der Waals surface area contributed by atoms with Gasteiger partial charge in [-0.05, 0) is 48.2 Å². The van der Waals surface area contributed by atoms with Gasteiger partial charge in [0.15, 0.2) is 0 Å². The summed E-state index contributed by atoms with van der Waals surface area (Å²) in [7, 11) is 0. The number of phenols is 2. The van der Waals surface area contributed by atoms with Crippen LogP contribution >= 0.6 is 0 Å². The quantitative estimate of drug-likeness (QED) is 0.642. The predicted octanol–water partition coefficient (Wildman–Crippen LogP) is 1.23. The fraction of sp³-hybridized carbons (Fsp3) is 0.111. The Morgan fingerprint density at radius 3 is 1.48 bits per heavy atom. The monoisotopic (exact) mass is 289 g/mol. The molecule has 3 heteroatoms. The van der Waals surface area contributed by atoms with Gasteiger partial charge in [-0.3, -0.25) is 0 Å². The molecule has 0 amide bonds. The summed E-state index contributed by atoms with van der Waals surface area (Å²) >= 11 is 0.